The number of amides is 1. The van der Waals surface area contributed by atoms with Crippen molar-refractivity contribution in [2.24, 2.45) is 0 Å². The van der Waals surface area contributed by atoms with Crippen LogP contribution in [0.5, 0.6) is 0 Å². The number of methoxy groups -OCH3 is 1. The molecule has 0 aliphatic heterocycles. The number of carbonyl (C=O) groups excluding carboxylic acids is 2. The van der Waals surface area contributed by atoms with Crippen molar-refractivity contribution in [3.63, 3.8) is 0 Å². The first kappa shape index (κ1) is 19.4. The van der Waals surface area contributed by atoms with Crippen molar-refractivity contribution in [2.45, 2.75) is 6.92 Å². The first-order valence-electron chi connectivity index (χ1n) is 8.45. The van der Waals surface area contributed by atoms with Crippen LogP contribution in [0.1, 0.15) is 26.3 Å². The highest BCUT2D eigenvalue weighted by molar-refractivity contribution is 6.31. The van der Waals surface area contributed by atoms with Crippen molar-refractivity contribution >= 4 is 40.7 Å². The van der Waals surface area contributed by atoms with Crippen LogP contribution < -0.4 is 10.6 Å². The minimum absolute atomic E-state index is 0.272. The van der Waals surface area contributed by atoms with Crippen molar-refractivity contribution in [3.05, 3.63) is 82.5 Å². The predicted octanol–water partition coefficient (Wildman–Crippen LogP) is 4.83. The summed E-state index contributed by atoms with van der Waals surface area (Å²) >= 11 is 6.10. The molecule has 0 saturated heterocycles. The first-order valence-corrected chi connectivity index (χ1v) is 8.83. The van der Waals surface area contributed by atoms with Crippen LogP contribution in [-0.2, 0) is 4.74 Å². The number of aromatic nitrogens is 1. The lowest BCUT2D eigenvalue weighted by molar-refractivity contribution is 0.0600. The molecule has 2 aromatic carbocycles. The lowest BCUT2D eigenvalue weighted by Crippen LogP contribution is -2.12. The summed E-state index contributed by atoms with van der Waals surface area (Å²) in [6.07, 6.45) is 1.54. The number of hydrogen-bond donors (Lipinski definition) is 2. The Balaban J connectivity index is 1.71. The number of pyridine rings is 1. The average molecular weight is 396 g/mol. The lowest BCUT2D eigenvalue weighted by Gasteiger charge is -2.09. The van der Waals surface area contributed by atoms with E-state index in [-0.39, 0.29) is 5.91 Å². The molecule has 6 nitrogen and oxygen atoms in total. The lowest BCUT2D eigenvalue weighted by atomic mass is 10.2. The van der Waals surface area contributed by atoms with Gasteiger partial charge in [-0.15, -0.1) is 0 Å². The topological polar surface area (TPSA) is 80.3 Å². The molecule has 7 heteroatoms. The summed E-state index contributed by atoms with van der Waals surface area (Å²) in [6, 6.07) is 15.4. The molecule has 0 fully saturated rings. The second kappa shape index (κ2) is 8.54. The van der Waals surface area contributed by atoms with Crippen LogP contribution in [0.15, 0.2) is 60.8 Å². The Labute approximate surface area is 167 Å². The molecule has 1 aromatic heterocycles. The minimum atomic E-state index is -0.403. The van der Waals surface area contributed by atoms with Gasteiger partial charge in [0.2, 0.25) is 0 Å². The molecule has 28 heavy (non-hydrogen) atoms. The van der Waals surface area contributed by atoms with E-state index in [1.165, 1.54) is 7.11 Å². The maximum Gasteiger partial charge on any atom is 0.337 e. The van der Waals surface area contributed by atoms with E-state index in [9.17, 15) is 9.59 Å². The summed E-state index contributed by atoms with van der Waals surface area (Å²) in [5.41, 5.74) is 3.17. The van der Waals surface area contributed by atoms with E-state index in [0.717, 1.165) is 11.3 Å². The molecule has 0 atom stereocenters. The number of rotatable bonds is 5. The standard InChI is InChI=1S/C21H18ClN3O3/c1-13-3-6-17(12-18(13)22)25-20(26)15-9-10-23-19(11-15)24-16-7-4-14(5-8-16)21(27)28-2/h3-12H,1-2H3,(H,23,24)(H,25,26). The van der Waals surface area contributed by atoms with Crippen LogP contribution in [0.3, 0.4) is 0 Å². The fourth-order valence-electron chi connectivity index (χ4n) is 2.47. The number of hydrogen-bond acceptors (Lipinski definition) is 5. The van der Waals surface area contributed by atoms with E-state index >= 15 is 0 Å². The number of carbonyl (C=O) groups is 2. The molecule has 142 valence electrons. The highest BCUT2D eigenvalue weighted by atomic mass is 35.5. The molecule has 0 unspecified atom stereocenters. The minimum Gasteiger partial charge on any atom is -0.465 e. The SMILES string of the molecule is COC(=O)c1ccc(Nc2cc(C(=O)Nc3ccc(C)c(Cl)c3)ccn2)cc1. The van der Waals surface area contributed by atoms with Gasteiger partial charge < -0.3 is 15.4 Å². The Bertz CT molecular complexity index is 1020. The number of nitrogens with one attached hydrogen (secondary N) is 2. The van der Waals surface area contributed by atoms with E-state index < -0.39 is 5.97 Å². The predicted molar refractivity (Wildman–Crippen MR) is 109 cm³/mol. The second-order valence-electron chi connectivity index (χ2n) is 6.04. The molecular formula is C21H18ClN3O3. The summed E-state index contributed by atoms with van der Waals surface area (Å²) in [5, 5.41) is 6.50. The third-order valence-electron chi connectivity index (χ3n) is 4.03. The Morgan fingerprint density at radius 3 is 2.36 bits per heavy atom. The molecule has 0 saturated carbocycles. The van der Waals surface area contributed by atoms with Gasteiger partial charge in [0.15, 0.2) is 0 Å². The van der Waals surface area contributed by atoms with Gasteiger partial charge in [0, 0.05) is 28.2 Å². The van der Waals surface area contributed by atoms with Gasteiger partial charge in [-0.25, -0.2) is 9.78 Å². The van der Waals surface area contributed by atoms with Crippen LogP contribution >= 0.6 is 11.6 Å². The molecular weight excluding hydrogens is 378 g/mol. The normalized spacial score (nSPS) is 10.2. The summed E-state index contributed by atoms with van der Waals surface area (Å²) in [5.74, 6) is -0.175. The molecule has 0 radical (unpaired) electrons. The monoisotopic (exact) mass is 395 g/mol. The molecule has 1 heterocycles. The van der Waals surface area contributed by atoms with E-state index in [1.807, 2.05) is 13.0 Å². The van der Waals surface area contributed by atoms with Crippen LogP contribution in [0.4, 0.5) is 17.2 Å². The van der Waals surface area contributed by atoms with E-state index in [4.69, 9.17) is 11.6 Å². The van der Waals surface area contributed by atoms with Gasteiger partial charge in [0.1, 0.15) is 5.82 Å². The first-order chi connectivity index (χ1) is 13.5. The molecule has 3 aromatic rings. The fraction of sp³-hybridized carbons (Fsp3) is 0.0952. The molecule has 0 aliphatic carbocycles. The van der Waals surface area contributed by atoms with Crippen LogP contribution in [-0.4, -0.2) is 24.0 Å². The van der Waals surface area contributed by atoms with Gasteiger partial charge in [0.05, 0.1) is 12.7 Å². The van der Waals surface area contributed by atoms with Crippen molar-refractivity contribution in [2.75, 3.05) is 17.7 Å². The third-order valence-corrected chi connectivity index (χ3v) is 4.44. The highest BCUT2D eigenvalue weighted by Crippen LogP contribution is 2.21. The molecule has 3 rings (SSSR count). The number of benzene rings is 2. The van der Waals surface area contributed by atoms with Crippen LogP contribution in [0.2, 0.25) is 5.02 Å². The molecule has 1 amide bonds. The van der Waals surface area contributed by atoms with Crippen molar-refractivity contribution in [1.82, 2.24) is 4.98 Å². The average Bonchev–Trinajstić information content (AvgIpc) is 2.71. The number of ether oxygens (including phenoxy) is 1. The molecule has 0 bridgehead atoms. The number of nitrogens with zero attached hydrogens (tertiary/aromatic N) is 1. The third kappa shape index (κ3) is 4.66. The van der Waals surface area contributed by atoms with Gasteiger partial charge in [-0.3, -0.25) is 4.79 Å². The zero-order chi connectivity index (χ0) is 20.1. The molecule has 0 spiro atoms. The van der Waals surface area contributed by atoms with Crippen molar-refractivity contribution in [1.29, 1.82) is 0 Å². The zero-order valence-corrected chi connectivity index (χ0v) is 16.1. The van der Waals surface area contributed by atoms with Gasteiger partial charge >= 0.3 is 5.97 Å². The van der Waals surface area contributed by atoms with E-state index in [2.05, 4.69) is 20.4 Å². The maximum atomic E-state index is 12.5. The number of aryl methyl sites for hydroxylation is 1. The number of anilines is 3. The summed E-state index contributed by atoms with van der Waals surface area (Å²) < 4.78 is 4.67. The number of esters is 1. The smallest absolute Gasteiger partial charge is 0.337 e. The molecule has 2 N–H and O–H groups in total. The highest BCUT2D eigenvalue weighted by Gasteiger charge is 2.09. The largest absolute Gasteiger partial charge is 0.465 e. The summed E-state index contributed by atoms with van der Waals surface area (Å²) in [7, 11) is 1.33. The summed E-state index contributed by atoms with van der Waals surface area (Å²) in [6.45, 7) is 1.90. The van der Waals surface area contributed by atoms with Crippen LogP contribution in [0.25, 0.3) is 0 Å². The maximum absolute atomic E-state index is 12.5. The van der Waals surface area contributed by atoms with Crippen LogP contribution in [0, 0.1) is 6.92 Å². The van der Waals surface area contributed by atoms with Gasteiger partial charge in [-0.2, -0.15) is 0 Å². The Morgan fingerprint density at radius 2 is 1.68 bits per heavy atom. The van der Waals surface area contributed by atoms with Crippen molar-refractivity contribution in [3.8, 4) is 0 Å². The quantitative estimate of drug-likeness (QED) is 0.605. The van der Waals surface area contributed by atoms with Gasteiger partial charge in [-0.1, -0.05) is 17.7 Å². The summed E-state index contributed by atoms with van der Waals surface area (Å²) in [4.78, 5) is 28.2. The van der Waals surface area contributed by atoms with Gasteiger partial charge in [-0.05, 0) is 61.0 Å². The van der Waals surface area contributed by atoms with E-state index in [1.54, 1.807) is 54.7 Å². The Kier molecular flexibility index (Phi) is 5.91. The number of halogens is 1. The second-order valence-corrected chi connectivity index (χ2v) is 6.45. The van der Waals surface area contributed by atoms with Gasteiger partial charge in [0.25, 0.3) is 5.91 Å². The zero-order valence-electron chi connectivity index (χ0n) is 15.3. The Morgan fingerprint density at radius 1 is 0.964 bits per heavy atom. The molecule has 0 aliphatic rings. The Hall–Kier alpha value is -3.38. The fourth-order valence-corrected chi connectivity index (χ4v) is 2.65. The van der Waals surface area contributed by atoms with Crippen molar-refractivity contribution < 1.29 is 14.3 Å². The van der Waals surface area contributed by atoms with E-state index in [0.29, 0.717) is 27.7 Å².